The Morgan fingerprint density at radius 1 is 1.47 bits per heavy atom. The average Bonchev–Trinajstić information content (AvgIpc) is 2.79. The molecule has 0 saturated carbocycles. The van der Waals surface area contributed by atoms with Crippen molar-refractivity contribution in [2.75, 3.05) is 17.4 Å². The zero-order valence-electron chi connectivity index (χ0n) is 9.35. The number of ether oxygens (including phenoxy) is 1. The number of hydrogen-bond donors (Lipinski definition) is 0. The van der Waals surface area contributed by atoms with Crippen LogP contribution in [0.25, 0.3) is 0 Å². The zero-order chi connectivity index (χ0) is 12.3. The third-order valence-electron chi connectivity index (χ3n) is 2.31. The molecule has 0 radical (unpaired) electrons. The van der Waals surface area contributed by atoms with Gasteiger partial charge in [0, 0.05) is 16.1 Å². The molecule has 3 nitrogen and oxygen atoms in total. The zero-order valence-corrected chi connectivity index (χ0v) is 10.9. The summed E-state index contributed by atoms with van der Waals surface area (Å²) in [5, 5.41) is 2.51. The third kappa shape index (κ3) is 2.76. The van der Waals surface area contributed by atoms with Gasteiger partial charge in [0.15, 0.2) is 0 Å². The first kappa shape index (κ1) is 12.3. The standard InChI is InChI=1S/C12H12ClNO2S/c1-2-16-12(15)11-7-17-8-14(11)10-5-3-9(13)4-6-10/h3-7H,2,8H2,1H3. The summed E-state index contributed by atoms with van der Waals surface area (Å²) in [6.07, 6.45) is 0. The molecular weight excluding hydrogens is 258 g/mol. The van der Waals surface area contributed by atoms with Gasteiger partial charge in [-0.1, -0.05) is 11.6 Å². The number of nitrogens with zero attached hydrogens (tertiary/aromatic N) is 1. The molecule has 1 heterocycles. The Morgan fingerprint density at radius 3 is 2.82 bits per heavy atom. The van der Waals surface area contributed by atoms with Crippen molar-refractivity contribution in [1.29, 1.82) is 0 Å². The predicted octanol–water partition coefficient (Wildman–Crippen LogP) is 3.26. The number of carbonyl (C=O) groups is 1. The maximum atomic E-state index is 11.7. The molecule has 0 aliphatic carbocycles. The molecule has 17 heavy (non-hydrogen) atoms. The Kier molecular flexibility index (Phi) is 3.97. The lowest BCUT2D eigenvalue weighted by Crippen LogP contribution is -2.24. The minimum Gasteiger partial charge on any atom is -0.461 e. The second-order valence-electron chi connectivity index (χ2n) is 3.42. The van der Waals surface area contributed by atoms with Crippen LogP contribution >= 0.6 is 23.4 Å². The van der Waals surface area contributed by atoms with Gasteiger partial charge in [-0.2, -0.15) is 0 Å². The highest BCUT2D eigenvalue weighted by Crippen LogP contribution is 2.30. The molecule has 0 N–H and O–H groups in total. The lowest BCUT2D eigenvalue weighted by molar-refractivity contribution is -0.138. The molecule has 1 aliphatic heterocycles. The Morgan fingerprint density at radius 2 is 2.18 bits per heavy atom. The van der Waals surface area contributed by atoms with Crippen LogP contribution in [0.15, 0.2) is 35.4 Å². The minimum absolute atomic E-state index is 0.285. The van der Waals surface area contributed by atoms with Crippen molar-refractivity contribution in [2.24, 2.45) is 0 Å². The van der Waals surface area contributed by atoms with Crippen molar-refractivity contribution in [1.82, 2.24) is 0 Å². The summed E-state index contributed by atoms with van der Waals surface area (Å²) in [7, 11) is 0. The van der Waals surface area contributed by atoms with Gasteiger partial charge in [0.25, 0.3) is 0 Å². The summed E-state index contributed by atoms with van der Waals surface area (Å²) < 4.78 is 5.01. The first-order chi connectivity index (χ1) is 8.22. The van der Waals surface area contributed by atoms with E-state index in [4.69, 9.17) is 16.3 Å². The van der Waals surface area contributed by atoms with Crippen LogP contribution in [0, 0.1) is 0 Å². The van der Waals surface area contributed by atoms with Crippen LogP contribution in [0.3, 0.4) is 0 Å². The number of hydrogen-bond acceptors (Lipinski definition) is 4. The second-order valence-corrected chi connectivity index (χ2v) is 4.69. The average molecular weight is 270 g/mol. The monoisotopic (exact) mass is 269 g/mol. The normalized spacial score (nSPS) is 14.7. The van der Waals surface area contributed by atoms with Crippen LogP contribution in [0.2, 0.25) is 5.02 Å². The highest BCUT2D eigenvalue weighted by molar-refractivity contribution is 8.02. The Labute approximate surface area is 109 Å². The molecule has 2 rings (SSSR count). The van der Waals surface area contributed by atoms with E-state index in [1.54, 1.807) is 18.7 Å². The number of esters is 1. The van der Waals surface area contributed by atoms with Crippen LogP contribution in [-0.4, -0.2) is 18.5 Å². The molecule has 0 aromatic heterocycles. The van der Waals surface area contributed by atoms with Gasteiger partial charge >= 0.3 is 5.97 Å². The lowest BCUT2D eigenvalue weighted by Gasteiger charge is -2.20. The van der Waals surface area contributed by atoms with Crippen LogP contribution < -0.4 is 4.90 Å². The number of carbonyl (C=O) groups excluding carboxylic acids is 1. The van der Waals surface area contributed by atoms with Crippen LogP contribution in [0.1, 0.15) is 6.92 Å². The van der Waals surface area contributed by atoms with Crippen LogP contribution in [0.4, 0.5) is 5.69 Å². The van der Waals surface area contributed by atoms with Gasteiger partial charge in [-0.3, -0.25) is 0 Å². The van der Waals surface area contributed by atoms with E-state index in [1.807, 2.05) is 34.6 Å². The summed E-state index contributed by atoms with van der Waals surface area (Å²) in [6, 6.07) is 7.40. The molecular formula is C12H12ClNO2S. The lowest BCUT2D eigenvalue weighted by atomic mass is 10.3. The third-order valence-corrected chi connectivity index (χ3v) is 3.36. The fraction of sp³-hybridized carbons (Fsp3) is 0.250. The van der Waals surface area contributed by atoms with Gasteiger partial charge < -0.3 is 9.64 Å². The minimum atomic E-state index is -0.285. The van der Waals surface area contributed by atoms with E-state index in [1.165, 1.54) is 0 Å². The second kappa shape index (κ2) is 5.47. The van der Waals surface area contributed by atoms with Gasteiger partial charge in [0.1, 0.15) is 5.70 Å². The van der Waals surface area contributed by atoms with Crippen LogP contribution in [-0.2, 0) is 9.53 Å². The van der Waals surface area contributed by atoms with Crippen molar-refractivity contribution < 1.29 is 9.53 Å². The van der Waals surface area contributed by atoms with Crippen molar-refractivity contribution in [3.8, 4) is 0 Å². The molecule has 1 aliphatic rings. The number of benzene rings is 1. The van der Waals surface area contributed by atoms with Crippen molar-refractivity contribution in [2.45, 2.75) is 6.92 Å². The first-order valence-corrected chi connectivity index (χ1v) is 6.67. The number of thioether (sulfide) groups is 1. The first-order valence-electron chi connectivity index (χ1n) is 5.24. The maximum Gasteiger partial charge on any atom is 0.355 e. The van der Waals surface area contributed by atoms with E-state index in [9.17, 15) is 4.79 Å². The summed E-state index contributed by atoms with van der Waals surface area (Å²) in [5.74, 6) is 0.433. The van der Waals surface area contributed by atoms with E-state index >= 15 is 0 Å². The van der Waals surface area contributed by atoms with Crippen molar-refractivity contribution in [3.05, 3.63) is 40.4 Å². The molecule has 0 amide bonds. The summed E-state index contributed by atoms with van der Waals surface area (Å²) in [4.78, 5) is 13.6. The molecule has 1 aromatic carbocycles. The molecule has 0 fully saturated rings. The maximum absolute atomic E-state index is 11.7. The van der Waals surface area contributed by atoms with E-state index in [2.05, 4.69) is 0 Å². The van der Waals surface area contributed by atoms with Crippen LogP contribution in [0.5, 0.6) is 0 Å². The SMILES string of the molecule is CCOC(=O)C1=CSCN1c1ccc(Cl)cc1. The van der Waals surface area contributed by atoms with Gasteiger partial charge in [0.2, 0.25) is 0 Å². The van der Waals surface area contributed by atoms with Gasteiger partial charge in [-0.25, -0.2) is 4.79 Å². The molecule has 0 spiro atoms. The van der Waals surface area contributed by atoms with E-state index in [0.29, 0.717) is 17.3 Å². The summed E-state index contributed by atoms with van der Waals surface area (Å²) >= 11 is 7.41. The molecule has 90 valence electrons. The predicted molar refractivity (Wildman–Crippen MR) is 71.1 cm³/mol. The van der Waals surface area contributed by atoms with Gasteiger partial charge in [-0.05, 0) is 31.2 Å². The van der Waals surface area contributed by atoms with Gasteiger partial charge in [-0.15, -0.1) is 11.8 Å². The van der Waals surface area contributed by atoms with E-state index in [-0.39, 0.29) is 5.97 Å². The van der Waals surface area contributed by atoms with Gasteiger partial charge in [0.05, 0.1) is 12.5 Å². The Balaban J connectivity index is 2.19. The molecule has 5 heteroatoms. The summed E-state index contributed by atoms with van der Waals surface area (Å²) in [6.45, 7) is 2.18. The summed E-state index contributed by atoms with van der Waals surface area (Å²) in [5.41, 5.74) is 1.53. The smallest absolute Gasteiger partial charge is 0.355 e. The highest BCUT2D eigenvalue weighted by Gasteiger charge is 2.24. The molecule has 0 bridgehead atoms. The largest absolute Gasteiger partial charge is 0.461 e. The molecule has 0 atom stereocenters. The fourth-order valence-corrected chi connectivity index (χ4v) is 2.54. The fourth-order valence-electron chi connectivity index (χ4n) is 1.52. The number of rotatable bonds is 3. The topological polar surface area (TPSA) is 29.5 Å². The molecule has 0 unspecified atom stereocenters. The quantitative estimate of drug-likeness (QED) is 0.788. The van der Waals surface area contributed by atoms with E-state index in [0.717, 1.165) is 11.6 Å². The molecule has 1 aromatic rings. The number of halogens is 1. The Hall–Kier alpha value is -1.13. The molecule has 0 saturated heterocycles. The number of anilines is 1. The van der Waals surface area contributed by atoms with Crippen molar-refractivity contribution in [3.63, 3.8) is 0 Å². The highest BCUT2D eigenvalue weighted by atomic mass is 35.5. The Bertz CT molecular complexity index is 444. The van der Waals surface area contributed by atoms with Crippen molar-refractivity contribution >= 4 is 35.0 Å². The van der Waals surface area contributed by atoms with E-state index < -0.39 is 0 Å².